The van der Waals surface area contributed by atoms with Crippen molar-refractivity contribution in [1.82, 2.24) is 15.5 Å². The lowest BCUT2D eigenvalue weighted by molar-refractivity contribution is -0.140. The molecular formula is C10H17N3O4. The Morgan fingerprint density at radius 3 is 2.47 bits per heavy atom. The van der Waals surface area contributed by atoms with E-state index in [9.17, 15) is 14.4 Å². The summed E-state index contributed by atoms with van der Waals surface area (Å²) in [6.07, 6.45) is 0.125. The van der Waals surface area contributed by atoms with Crippen LogP contribution in [0.5, 0.6) is 0 Å². The first-order chi connectivity index (χ1) is 7.93. The van der Waals surface area contributed by atoms with Gasteiger partial charge in [0.25, 0.3) is 0 Å². The SMILES string of the molecule is CNC(=O)NC(=O)C(C)N1CC(CC(=O)O)C1. The molecule has 17 heavy (non-hydrogen) atoms. The molecule has 3 amide bonds. The van der Waals surface area contributed by atoms with Crippen molar-refractivity contribution in [3.8, 4) is 0 Å². The average molecular weight is 243 g/mol. The van der Waals surface area contributed by atoms with Crippen LogP contribution in [-0.2, 0) is 9.59 Å². The van der Waals surface area contributed by atoms with E-state index >= 15 is 0 Å². The van der Waals surface area contributed by atoms with Crippen LogP contribution in [0.25, 0.3) is 0 Å². The molecule has 1 aliphatic rings. The van der Waals surface area contributed by atoms with Gasteiger partial charge in [0.05, 0.1) is 12.5 Å². The van der Waals surface area contributed by atoms with E-state index in [1.807, 2.05) is 4.90 Å². The van der Waals surface area contributed by atoms with Crippen LogP contribution in [-0.4, -0.2) is 54.1 Å². The Bertz CT molecular complexity index is 326. The van der Waals surface area contributed by atoms with Crippen molar-refractivity contribution in [1.29, 1.82) is 0 Å². The Balaban J connectivity index is 2.31. The number of nitrogens with zero attached hydrogens (tertiary/aromatic N) is 1. The summed E-state index contributed by atoms with van der Waals surface area (Å²) in [6.45, 7) is 2.85. The van der Waals surface area contributed by atoms with Gasteiger partial charge < -0.3 is 10.4 Å². The highest BCUT2D eigenvalue weighted by atomic mass is 16.4. The Morgan fingerprint density at radius 1 is 1.41 bits per heavy atom. The topological polar surface area (TPSA) is 98.7 Å². The van der Waals surface area contributed by atoms with Gasteiger partial charge in [-0.1, -0.05) is 0 Å². The first-order valence-corrected chi connectivity index (χ1v) is 5.42. The monoisotopic (exact) mass is 243 g/mol. The summed E-state index contributed by atoms with van der Waals surface area (Å²) in [5, 5.41) is 13.1. The molecule has 0 aliphatic carbocycles. The summed E-state index contributed by atoms with van der Waals surface area (Å²) in [6, 6.07) is -0.957. The van der Waals surface area contributed by atoms with Crippen molar-refractivity contribution in [3.63, 3.8) is 0 Å². The van der Waals surface area contributed by atoms with Crippen LogP contribution >= 0.6 is 0 Å². The molecule has 1 heterocycles. The van der Waals surface area contributed by atoms with Crippen molar-refractivity contribution >= 4 is 17.9 Å². The summed E-state index contributed by atoms with van der Waals surface area (Å²) >= 11 is 0. The molecule has 1 atom stereocenters. The van der Waals surface area contributed by atoms with E-state index < -0.39 is 18.0 Å². The number of hydrogen-bond acceptors (Lipinski definition) is 4. The first kappa shape index (κ1) is 13.4. The largest absolute Gasteiger partial charge is 0.481 e. The zero-order valence-electron chi connectivity index (χ0n) is 9.90. The minimum absolute atomic E-state index is 0.0998. The number of imide groups is 1. The molecule has 96 valence electrons. The molecule has 0 aromatic rings. The van der Waals surface area contributed by atoms with Gasteiger partial charge in [0, 0.05) is 20.1 Å². The number of likely N-dealkylation sites (tertiary alicyclic amines) is 1. The van der Waals surface area contributed by atoms with Crippen LogP contribution in [0.3, 0.4) is 0 Å². The third kappa shape index (κ3) is 3.70. The number of urea groups is 1. The molecule has 1 rings (SSSR count). The minimum Gasteiger partial charge on any atom is -0.481 e. The maximum atomic E-state index is 11.5. The quantitative estimate of drug-likeness (QED) is 0.602. The predicted octanol–water partition coefficient (Wildman–Crippen LogP) is -0.763. The molecule has 0 saturated carbocycles. The van der Waals surface area contributed by atoms with Crippen molar-refractivity contribution in [2.75, 3.05) is 20.1 Å². The van der Waals surface area contributed by atoms with Crippen LogP contribution in [0.2, 0.25) is 0 Å². The number of hydrogen-bond donors (Lipinski definition) is 3. The number of amides is 3. The molecule has 1 unspecified atom stereocenters. The summed E-state index contributed by atoms with van der Waals surface area (Å²) in [4.78, 5) is 34.8. The van der Waals surface area contributed by atoms with Crippen molar-refractivity contribution in [3.05, 3.63) is 0 Å². The molecule has 7 heteroatoms. The smallest absolute Gasteiger partial charge is 0.321 e. The molecular weight excluding hydrogens is 226 g/mol. The third-order valence-corrected chi connectivity index (χ3v) is 2.84. The van der Waals surface area contributed by atoms with Gasteiger partial charge >= 0.3 is 12.0 Å². The van der Waals surface area contributed by atoms with E-state index in [1.165, 1.54) is 7.05 Å². The van der Waals surface area contributed by atoms with Crippen LogP contribution in [0.15, 0.2) is 0 Å². The Labute approximate surface area is 99.2 Å². The number of nitrogens with one attached hydrogen (secondary N) is 2. The van der Waals surface area contributed by atoms with E-state index in [0.29, 0.717) is 13.1 Å². The number of aliphatic carboxylic acids is 1. The molecule has 7 nitrogen and oxygen atoms in total. The zero-order chi connectivity index (χ0) is 13.0. The molecule has 0 aromatic carbocycles. The lowest BCUT2D eigenvalue weighted by Gasteiger charge is -2.41. The molecule has 0 radical (unpaired) electrons. The van der Waals surface area contributed by atoms with Gasteiger partial charge in [-0.25, -0.2) is 4.79 Å². The van der Waals surface area contributed by atoms with Gasteiger partial charge in [0.15, 0.2) is 0 Å². The van der Waals surface area contributed by atoms with Gasteiger partial charge in [0.1, 0.15) is 0 Å². The average Bonchev–Trinajstić information content (AvgIpc) is 2.21. The van der Waals surface area contributed by atoms with E-state index in [2.05, 4.69) is 10.6 Å². The number of carboxylic acid groups (broad SMARTS) is 1. The lowest BCUT2D eigenvalue weighted by atomic mass is 9.94. The van der Waals surface area contributed by atoms with Crippen molar-refractivity contribution < 1.29 is 19.5 Å². The predicted molar refractivity (Wildman–Crippen MR) is 59.4 cm³/mol. The second-order valence-corrected chi connectivity index (χ2v) is 4.16. The van der Waals surface area contributed by atoms with E-state index in [0.717, 1.165) is 0 Å². The van der Waals surface area contributed by atoms with Gasteiger partial charge in [-0.3, -0.25) is 19.8 Å². The highest BCUT2D eigenvalue weighted by Gasteiger charge is 2.34. The van der Waals surface area contributed by atoms with Gasteiger partial charge in [0.2, 0.25) is 5.91 Å². The summed E-state index contributed by atoms with van der Waals surface area (Å²) < 4.78 is 0. The Kier molecular flexibility index (Phi) is 4.45. The molecule has 1 fully saturated rings. The maximum Gasteiger partial charge on any atom is 0.321 e. The number of rotatable bonds is 4. The second kappa shape index (κ2) is 5.62. The van der Waals surface area contributed by atoms with Crippen molar-refractivity contribution in [2.45, 2.75) is 19.4 Å². The highest BCUT2D eigenvalue weighted by Crippen LogP contribution is 2.21. The molecule has 0 bridgehead atoms. The summed E-state index contributed by atoms with van der Waals surface area (Å²) in [5.41, 5.74) is 0. The standard InChI is InChI=1S/C10H17N3O4/c1-6(9(16)12-10(17)11-2)13-4-7(5-13)3-8(14)15/h6-7H,3-5H2,1-2H3,(H,14,15)(H2,11,12,16,17). The van der Waals surface area contributed by atoms with Crippen LogP contribution in [0.4, 0.5) is 4.79 Å². The zero-order valence-corrected chi connectivity index (χ0v) is 9.90. The van der Waals surface area contributed by atoms with E-state index in [4.69, 9.17) is 5.11 Å². The molecule has 1 saturated heterocycles. The molecule has 0 aromatic heterocycles. The second-order valence-electron chi connectivity index (χ2n) is 4.16. The number of carbonyl (C=O) groups excluding carboxylic acids is 2. The molecule has 0 spiro atoms. The highest BCUT2D eigenvalue weighted by molar-refractivity contribution is 5.96. The van der Waals surface area contributed by atoms with Crippen LogP contribution in [0, 0.1) is 5.92 Å². The fraction of sp³-hybridized carbons (Fsp3) is 0.700. The fourth-order valence-corrected chi connectivity index (χ4v) is 1.75. The number of carbonyl (C=O) groups is 3. The first-order valence-electron chi connectivity index (χ1n) is 5.42. The van der Waals surface area contributed by atoms with E-state index in [-0.39, 0.29) is 18.2 Å². The Hall–Kier alpha value is -1.63. The normalized spacial score (nSPS) is 18.0. The third-order valence-electron chi connectivity index (χ3n) is 2.84. The van der Waals surface area contributed by atoms with E-state index in [1.54, 1.807) is 6.92 Å². The lowest BCUT2D eigenvalue weighted by Crippen LogP contribution is -2.57. The fourth-order valence-electron chi connectivity index (χ4n) is 1.75. The van der Waals surface area contributed by atoms with Crippen molar-refractivity contribution in [2.24, 2.45) is 5.92 Å². The molecule has 3 N–H and O–H groups in total. The summed E-state index contributed by atoms with van der Waals surface area (Å²) in [5.74, 6) is -1.10. The number of carboxylic acids is 1. The van der Waals surface area contributed by atoms with Crippen LogP contribution < -0.4 is 10.6 Å². The summed E-state index contributed by atoms with van der Waals surface area (Å²) in [7, 11) is 1.43. The van der Waals surface area contributed by atoms with Gasteiger partial charge in [-0.05, 0) is 12.8 Å². The van der Waals surface area contributed by atoms with Crippen LogP contribution in [0.1, 0.15) is 13.3 Å². The Morgan fingerprint density at radius 2 is 2.00 bits per heavy atom. The minimum atomic E-state index is -0.822. The molecule has 1 aliphatic heterocycles. The van der Waals surface area contributed by atoms with Gasteiger partial charge in [-0.2, -0.15) is 0 Å². The maximum absolute atomic E-state index is 11.5. The van der Waals surface area contributed by atoms with Gasteiger partial charge in [-0.15, -0.1) is 0 Å².